The highest BCUT2D eigenvalue weighted by molar-refractivity contribution is 5.78. The Balaban J connectivity index is 4.26. The summed E-state index contributed by atoms with van der Waals surface area (Å²) < 4.78 is 0. The first-order valence-corrected chi connectivity index (χ1v) is 5.49. The quantitative estimate of drug-likeness (QED) is 0.354. The van der Waals surface area contributed by atoms with Gasteiger partial charge in [0.25, 0.3) is 0 Å². The Kier molecular flexibility index (Phi) is 5.83. The maximum Gasteiger partial charge on any atom is 0.237 e. The van der Waals surface area contributed by atoms with Crippen LogP contribution in [0, 0.1) is 11.8 Å². The third-order valence-electron chi connectivity index (χ3n) is 2.35. The summed E-state index contributed by atoms with van der Waals surface area (Å²) in [5.41, 5.74) is 1.34. The zero-order chi connectivity index (χ0) is 12.1. The molecule has 1 atom stereocenters. The third kappa shape index (κ3) is 7.33. The molecule has 0 radical (unpaired) electrons. The number of hydrogen-bond donors (Lipinski definition) is 3. The van der Waals surface area contributed by atoms with Crippen molar-refractivity contribution < 1.29 is 9.90 Å². The molecule has 4 nitrogen and oxygen atoms in total. The minimum atomic E-state index is -0.825. The third-order valence-corrected chi connectivity index (χ3v) is 2.35. The Morgan fingerprint density at radius 2 is 1.93 bits per heavy atom. The van der Waals surface area contributed by atoms with Crippen LogP contribution in [0.15, 0.2) is 0 Å². The van der Waals surface area contributed by atoms with Gasteiger partial charge in [0.15, 0.2) is 0 Å². The van der Waals surface area contributed by atoms with E-state index in [0.717, 1.165) is 12.8 Å². The van der Waals surface area contributed by atoms with Crippen molar-refractivity contribution in [3.05, 3.63) is 0 Å². The summed E-state index contributed by atoms with van der Waals surface area (Å²) in [6.07, 6.45) is 2.18. The van der Waals surface area contributed by atoms with Gasteiger partial charge >= 0.3 is 0 Å². The summed E-state index contributed by atoms with van der Waals surface area (Å²) >= 11 is 0. The predicted octanol–water partition coefficient (Wildman–Crippen LogP) is 1.19. The zero-order valence-electron chi connectivity index (χ0n) is 10.2. The van der Waals surface area contributed by atoms with Gasteiger partial charge in [-0.2, -0.15) is 0 Å². The molecule has 0 aromatic rings. The van der Waals surface area contributed by atoms with Crippen molar-refractivity contribution in [1.82, 2.24) is 5.43 Å². The van der Waals surface area contributed by atoms with Crippen LogP contribution >= 0.6 is 0 Å². The number of amides is 1. The van der Waals surface area contributed by atoms with Gasteiger partial charge in [0, 0.05) is 5.92 Å². The lowest BCUT2D eigenvalue weighted by Crippen LogP contribution is -2.39. The van der Waals surface area contributed by atoms with Crippen molar-refractivity contribution in [3.8, 4) is 0 Å². The van der Waals surface area contributed by atoms with Gasteiger partial charge in [-0.25, -0.2) is 5.84 Å². The van der Waals surface area contributed by atoms with Crippen molar-refractivity contribution in [1.29, 1.82) is 0 Å². The number of carbonyl (C=O) groups excluding carboxylic acids is 1. The molecule has 15 heavy (non-hydrogen) atoms. The highest BCUT2D eigenvalue weighted by Crippen LogP contribution is 2.22. The molecule has 0 aromatic carbocycles. The van der Waals surface area contributed by atoms with Crippen molar-refractivity contribution in [2.24, 2.45) is 17.7 Å². The van der Waals surface area contributed by atoms with Crippen LogP contribution < -0.4 is 11.3 Å². The molecule has 4 heteroatoms. The molecule has 0 heterocycles. The van der Waals surface area contributed by atoms with E-state index in [-0.39, 0.29) is 11.8 Å². The molecule has 0 rings (SSSR count). The van der Waals surface area contributed by atoms with E-state index in [1.807, 2.05) is 0 Å². The van der Waals surface area contributed by atoms with Gasteiger partial charge in [0.2, 0.25) is 5.91 Å². The van der Waals surface area contributed by atoms with E-state index in [0.29, 0.717) is 12.3 Å². The minimum absolute atomic E-state index is 0.183. The molecular weight excluding hydrogens is 192 g/mol. The van der Waals surface area contributed by atoms with Crippen molar-refractivity contribution in [3.63, 3.8) is 0 Å². The smallest absolute Gasteiger partial charge is 0.237 e. The number of carbonyl (C=O) groups is 1. The molecule has 0 aromatic heterocycles. The fraction of sp³-hybridized carbons (Fsp3) is 0.909. The lowest BCUT2D eigenvalue weighted by Gasteiger charge is -2.24. The van der Waals surface area contributed by atoms with Gasteiger partial charge in [-0.3, -0.25) is 10.2 Å². The number of aliphatic hydroxyl groups is 1. The van der Waals surface area contributed by atoms with E-state index in [2.05, 4.69) is 19.3 Å². The summed E-state index contributed by atoms with van der Waals surface area (Å²) in [6, 6.07) is 0. The maximum atomic E-state index is 11.5. The Labute approximate surface area is 92.2 Å². The number of nitrogens with one attached hydrogen (secondary N) is 1. The molecule has 1 amide bonds. The fourth-order valence-corrected chi connectivity index (χ4v) is 1.58. The lowest BCUT2D eigenvalue weighted by molar-refractivity contribution is -0.127. The fourth-order valence-electron chi connectivity index (χ4n) is 1.58. The molecule has 90 valence electrons. The van der Waals surface area contributed by atoms with E-state index in [9.17, 15) is 9.90 Å². The molecule has 0 unspecified atom stereocenters. The molecule has 0 saturated heterocycles. The first-order valence-electron chi connectivity index (χ1n) is 5.49. The van der Waals surface area contributed by atoms with Crippen LogP contribution in [-0.2, 0) is 4.79 Å². The number of rotatable bonds is 6. The van der Waals surface area contributed by atoms with Gasteiger partial charge in [0.1, 0.15) is 0 Å². The lowest BCUT2D eigenvalue weighted by atomic mass is 9.88. The van der Waals surface area contributed by atoms with E-state index in [1.165, 1.54) is 0 Å². The van der Waals surface area contributed by atoms with E-state index in [1.54, 1.807) is 13.8 Å². The SMILES string of the molecule is CC(C)CC[C@@H](CC(C)(C)O)C(=O)NN. The largest absolute Gasteiger partial charge is 0.390 e. The average Bonchev–Trinajstić information content (AvgIpc) is 2.08. The van der Waals surface area contributed by atoms with Crippen LogP contribution in [-0.4, -0.2) is 16.6 Å². The minimum Gasteiger partial charge on any atom is -0.390 e. The van der Waals surface area contributed by atoms with Crippen LogP contribution in [0.4, 0.5) is 0 Å². The van der Waals surface area contributed by atoms with Crippen molar-refractivity contribution in [2.75, 3.05) is 0 Å². The monoisotopic (exact) mass is 216 g/mol. The first-order chi connectivity index (χ1) is 6.76. The highest BCUT2D eigenvalue weighted by Gasteiger charge is 2.25. The van der Waals surface area contributed by atoms with Gasteiger partial charge in [-0.1, -0.05) is 20.3 Å². The van der Waals surface area contributed by atoms with E-state index in [4.69, 9.17) is 5.84 Å². The van der Waals surface area contributed by atoms with Crippen LogP contribution in [0.1, 0.15) is 47.0 Å². The summed E-state index contributed by atoms with van der Waals surface area (Å²) in [5, 5.41) is 9.68. The van der Waals surface area contributed by atoms with E-state index < -0.39 is 5.60 Å². The van der Waals surface area contributed by atoms with Crippen LogP contribution in [0.25, 0.3) is 0 Å². The molecule has 0 saturated carbocycles. The summed E-state index contributed by atoms with van der Waals surface area (Å²) in [4.78, 5) is 11.5. The standard InChI is InChI=1S/C11H24N2O2/c1-8(2)5-6-9(10(14)13-12)7-11(3,4)15/h8-9,15H,5-7,12H2,1-4H3,(H,13,14)/t9-/m0/s1. The topological polar surface area (TPSA) is 75.3 Å². The molecule has 0 bridgehead atoms. The van der Waals surface area contributed by atoms with Crippen molar-refractivity contribution >= 4 is 5.91 Å². The average molecular weight is 216 g/mol. The predicted molar refractivity (Wildman–Crippen MR) is 60.8 cm³/mol. The summed E-state index contributed by atoms with van der Waals surface area (Å²) in [5.74, 6) is 5.29. The molecule has 0 fully saturated rings. The molecule has 0 aliphatic rings. The van der Waals surface area contributed by atoms with Crippen LogP contribution in [0.3, 0.4) is 0 Å². The molecular formula is C11H24N2O2. The molecule has 0 aliphatic carbocycles. The Morgan fingerprint density at radius 3 is 2.27 bits per heavy atom. The van der Waals surface area contributed by atoms with E-state index >= 15 is 0 Å². The van der Waals surface area contributed by atoms with Crippen LogP contribution in [0.5, 0.6) is 0 Å². The Morgan fingerprint density at radius 1 is 1.40 bits per heavy atom. The molecule has 0 aliphatic heterocycles. The highest BCUT2D eigenvalue weighted by atomic mass is 16.3. The van der Waals surface area contributed by atoms with Crippen LogP contribution in [0.2, 0.25) is 0 Å². The van der Waals surface area contributed by atoms with Gasteiger partial charge in [-0.05, 0) is 32.6 Å². The van der Waals surface area contributed by atoms with Crippen molar-refractivity contribution in [2.45, 2.75) is 52.6 Å². The normalized spacial score (nSPS) is 14.1. The second-order valence-corrected chi connectivity index (χ2v) is 5.19. The Bertz CT molecular complexity index is 197. The number of hydrazine groups is 1. The second kappa shape index (κ2) is 6.08. The number of hydrogen-bond acceptors (Lipinski definition) is 3. The zero-order valence-corrected chi connectivity index (χ0v) is 10.2. The van der Waals surface area contributed by atoms with Gasteiger partial charge in [-0.15, -0.1) is 0 Å². The first kappa shape index (κ1) is 14.4. The van der Waals surface area contributed by atoms with Gasteiger partial charge in [0.05, 0.1) is 5.60 Å². The molecule has 0 spiro atoms. The second-order valence-electron chi connectivity index (χ2n) is 5.19. The summed E-state index contributed by atoms with van der Waals surface area (Å²) in [6.45, 7) is 7.64. The Hall–Kier alpha value is -0.610. The molecule has 4 N–H and O–H groups in total. The summed E-state index contributed by atoms with van der Waals surface area (Å²) in [7, 11) is 0. The maximum absolute atomic E-state index is 11.5. The number of nitrogens with two attached hydrogens (primary N) is 1. The van der Waals surface area contributed by atoms with Gasteiger partial charge < -0.3 is 5.11 Å².